The zero-order valence-electron chi connectivity index (χ0n) is 24.3. The third kappa shape index (κ3) is 10.9. The van der Waals surface area contributed by atoms with Gasteiger partial charge < -0.3 is 32.0 Å². The van der Waals surface area contributed by atoms with Crippen LogP contribution < -0.4 is 0 Å². The summed E-state index contributed by atoms with van der Waals surface area (Å²) >= 11 is 0. The minimum absolute atomic E-state index is 0.0178. The Morgan fingerprint density at radius 3 is 2.21 bits per heavy atom. The molecule has 0 amide bonds. The molecule has 38 heavy (non-hydrogen) atoms. The first-order chi connectivity index (χ1) is 17.7. The molecule has 1 aromatic carbocycles. The van der Waals surface area contributed by atoms with Crippen molar-refractivity contribution < 1.29 is 41.1 Å². The molecule has 5 atom stereocenters. The van der Waals surface area contributed by atoms with E-state index in [0.29, 0.717) is 19.6 Å². The van der Waals surface area contributed by atoms with Gasteiger partial charge in [0.1, 0.15) is 6.10 Å². The fourth-order valence-electron chi connectivity index (χ4n) is 3.83. The van der Waals surface area contributed by atoms with E-state index in [2.05, 4.69) is 33.9 Å². The summed E-state index contributed by atoms with van der Waals surface area (Å²) in [5.41, 5.74) is 1.06. The lowest BCUT2D eigenvalue weighted by Crippen LogP contribution is -2.48. The van der Waals surface area contributed by atoms with Crippen LogP contribution in [0.1, 0.15) is 46.6 Å². The molecule has 220 valence electrons. The molecule has 0 radical (unpaired) electrons. The molecule has 9 nitrogen and oxygen atoms in total. The molecule has 0 bridgehead atoms. The van der Waals surface area contributed by atoms with Crippen molar-refractivity contribution in [2.24, 2.45) is 0 Å². The maximum Gasteiger partial charge on any atom is 0.330 e. The van der Waals surface area contributed by atoms with Gasteiger partial charge in [-0.25, -0.2) is 0 Å². The molecule has 12 heteroatoms. The van der Waals surface area contributed by atoms with Gasteiger partial charge in [0.05, 0.1) is 58.0 Å². The Morgan fingerprint density at radius 1 is 0.974 bits per heavy atom. The molecule has 0 saturated carbocycles. The van der Waals surface area contributed by atoms with E-state index in [1.165, 1.54) is 6.66 Å². The molecule has 2 rings (SSSR count). The lowest BCUT2D eigenvalue weighted by Gasteiger charge is -2.39. The normalized spacial score (nSPS) is 23.7. The molecule has 1 saturated heterocycles. The van der Waals surface area contributed by atoms with Crippen molar-refractivity contribution in [1.29, 1.82) is 0 Å². The summed E-state index contributed by atoms with van der Waals surface area (Å²) in [7, 11) is -8.67. The maximum atomic E-state index is 13.4. The lowest BCUT2D eigenvalue weighted by molar-refractivity contribution is -0.0440. The number of benzene rings is 1. The van der Waals surface area contributed by atoms with Crippen molar-refractivity contribution in [3.8, 4) is 0 Å². The second-order valence-electron chi connectivity index (χ2n) is 10.9. The Bertz CT molecular complexity index is 923. The molecule has 3 unspecified atom stereocenters. The van der Waals surface area contributed by atoms with Gasteiger partial charge in [0, 0.05) is 6.66 Å². The van der Waals surface area contributed by atoms with Crippen LogP contribution in [0.3, 0.4) is 0 Å². The van der Waals surface area contributed by atoms with E-state index in [-0.39, 0.29) is 55.9 Å². The second kappa shape index (κ2) is 15.0. The fraction of sp³-hybridized carbons (Fsp3) is 0.769. The van der Waals surface area contributed by atoms with Crippen LogP contribution in [0.2, 0.25) is 18.1 Å². The van der Waals surface area contributed by atoms with Gasteiger partial charge >= 0.3 is 15.2 Å². The fourth-order valence-corrected chi connectivity index (χ4v) is 7.74. The van der Waals surface area contributed by atoms with E-state index < -0.39 is 23.5 Å². The average molecular weight is 595 g/mol. The van der Waals surface area contributed by atoms with Gasteiger partial charge in [-0.15, -0.1) is 0 Å². The van der Waals surface area contributed by atoms with E-state index in [1.54, 1.807) is 13.8 Å². The van der Waals surface area contributed by atoms with Gasteiger partial charge in [0.2, 0.25) is 0 Å². The highest BCUT2D eigenvalue weighted by molar-refractivity contribution is 7.54. The Hall–Kier alpha value is -0.383. The average Bonchev–Trinajstić information content (AvgIpc) is 3.20. The van der Waals surface area contributed by atoms with Gasteiger partial charge in [-0.1, -0.05) is 51.1 Å². The van der Waals surface area contributed by atoms with Gasteiger partial charge in [0.15, 0.2) is 8.32 Å². The van der Waals surface area contributed by atoms with E-state index in [1.807, 2.05) is 30.3 Å². The highest BCUT2D eigenvalue weighted by atomic mass is 31.2. The zero-order valence-corrected chi connectivity index (χ0v) is 27.1. The quantitative estimate of drug-likeness (QED) is 0.109. The monoisotopic (exact) mass is 594 g/mol. The van der Waals surface area contributed by atoms with E-state index in [4.69, 9.17) is 32.0 Å². The second-order valence-corrected chi connectivity index (χ2v) is 19.9. The molecular weight excluding hydrogens is 546 g/mol. The van der Waals surface area contributed by atoms with Crippen LogP contribution in [0.4, 0.5) is 0 Å². The SMILES string of the molecule is CCOP(C)(=O)OCCOP(=O)(CC[C@H]1OC[C@@H](O[Si](C)(C)C(C)(C)C)C1OCc1ccccc1)OCC. The number of rotatable bonds is 17. The highest BCUT2D eigenvalue weighted by Crippen LogP contribution is 2.50. The van der Waals surface area contributed by atoms with Crippen LogP contribution in [0.25, 0.3) is 0 Å². The van der Waals surface area contributed by atoms with Gasteiger partial charge in [-0.3, -0.25) is 9.13 Å². The summed E-state index contributed by atoms with van der Waals surface area (Å²) in [6.07, 6.45) is -0.294. The molecule has 0 N–H and O–H groups in total. The molecular formula is C26H48O9P2Si. The summed E-state index contributed by atoms with van der Waals surface area (Å²) in [4.78, 5) is 0. The van der Waals surface area contributed by atoms with Crippen LogP contribution in [0.15, 0.2) is 30.3 Å². The van der Waals surface area contributed by atoms with Crippen LogP contribution in [0, 0.1) is 0 Å². The van der Waals surface area contributed by atoms with Gasteiger partial charge in [0.25, 0.3) is 0 Å². The maximum absolute atomic E-state index is 13.4. The summed E-state index contributed by atoms with van der Waals surface area (Å²) in [6, 6.07) is 9.98. The predicted octanol–water partition coefficient (Wildman–Crippen LogP) is 6.87. The third-order valence-corrected chi connectivity index (χ3v) is 14.7. The van der Waals surface area contributed by atoms with Crippen molar-refractivity contribution in [3.63, 3.8) is 0 Å². The summed E-state index contributed by atoms with van der Waals surface area (Å²) in [6.45, 7) is 17.3. The first-order valence-corrected chi connectivity index (χ1v) is 20.0. The number of ether oxygens (including phenoxy) is 2. The largest absolute Gasteiger partial charge is 0.409 e. The van der Waals surface area contributed by atoms with Crippen LogP contribution >= 0.6 is 15.2 Å². The Morgan fingerprint density at radius 2 is 1.61 bits per heavy atom. The molecule has 1 aliphatic heterocycles. The number of hydrogen-bond acceptors (Lipinski definition) is 9. The van der Waals surface area contributed by atoms with Crippen molar-refractivity contribution in [2.75, 3.05) is 45.9 Å². The Balaban J connectivity index is 2.05. The number of hydrogen-bond donors (Lipinski definition) is 0. The first kappa shape index (κ1) is 33.8. The van der Waals surface area contributed by atoms with Crippen molar-refractivity contribution in [2.45, 2.75) is 84.1 Å². The van der Waals surface area contributed by atoms with E-state index in [9.17, 15) is 9.13 Å². The summed E-state index contributed by atoms with van der Waals surface area (Å²) < 4.78 is 66.3. The van der Waals surface area contributed by atoms with Crippen molar-refractivity contribution in [3.05, 3.63) is 35.9 Å². The van der Waals surface area contributed by atoms with E-state index >= 15 is 0 Å². The Kier molecular flexibility index (Phi) is 13.4. The Labute approximate surface area is 230 Å². The predicted molar refractivity (Wildman–Crippen MR) is 153 cm³/mol. The molecule has 1 fully saturated rings. The molecule has 1 heterocycles. The van der Waals surface area contributed by atoms with Gasteiger partial charge in [-0.05, 0) is 44.0 Å². The van der Waals surface area contributed by atoms with E-state index in [0.717, 1.165) is 5.56 Å². The third-order valence-electron chi connectivity index (χ3n) is 6.82. The minimum Gasteiger partial charge on any atom is -0.409 e. The van der Waals surface area contributed by atoms with Crippen LogP contribution in [-0.2, 0) is 47.7 Å². The van der Waals surface area contributed by atoms with Crippen LogP contribution in [-0.4, -0.2) is 72.5 Å². The van der Waals surface area contributed by atoms with Gasteiger partial charge in [-0.2, -0.15) is 0 Å². The smallest absolute Gasteiger partial charge is 0.330 e. The summed E-state index contributed by atoms with van der Waals surface area (Å²) in [5, 5.41) is 0.0419. The van der Waals surface area contributed by atoms with Crippen molar-refractivity contribution in [1.82, 2.24) is 0 Å². The lowest BCUT2D eigenvalue weighted by atomic mass is 10.1. The standard InChI is InChI=1S/C26H48O9P2Si/c1-9-31-36(6,27)33-17-18-34-37(28,32-10-2)19-16-23-25(30-20-22-14-12-11-13-15-22)24(21-29-23)35-38(7,8)26(3,4)5/h11-15,23-25H,9-10,16-21H2,1-8H3/t23-,24-,25?,36?,37?/m1/s1. The molecule has 0 spiro atoms. The van der Waals surface area contributed by atoms with Crippen LogP contribution in [0.5, 0.6) is 0 Å². The summed E-state index contributed by atoms with van der Waals surface area (Å²) in [5.74, 6) is 0. The first-order valence-electron chi connectivity index (χ1n) is 13.4. The zero-order chi connectivity index (χ0) is 28.5. The minimum atomic E-state index is -3.44. The highest BCUT2D eigenvalue weighted by Gasteiger charge is 2.46. The topological polar surface area (TPSA) is 98.8 Å². The molecule has 0 aliphatic carbocycles. The molecule has 1 aromatic rings. The molecule has 1 aliphatic rings. The van der Waals surface area contributed by atoms with Crippen molar-refractivity contribution >= 4 is 23.5 Å². The molecule has 0 aromatic heterocycles.